The number of hydrogen-bond acceptors (Lipinski definition) is 2. The molecule has 20 heavy (non-hydrogen) atoms. The van der Waals surface area contributed by atoms with E-state index in [2.05, 4.69) is 4.90 Å². The molecule has 0 N–H and O–H groups in total. The largest absolute Gasteiger partial charge is 0.297 e. The molecular formula is C17H24FNO. The minimum Gasteiger partial charge on any atom is -0.297 e. The predicted molar refractivity (Wildman–Crippen MR) is 79.2 cm³/mol. The third kappa shape index (κ3) is 3.26. The number of hydrogen-bond donors (Lipinski definition) is 0. The van der Waals surface area contributed by atoms with Crippen molar-refractivity contribution in [2.75, 3.05) is 14.1 Å². The number of Topliss-reactive ketones (excluding diaryl/α,β-unsaturated/α-hetero) is 1. The topological polar surface area (TPSA) is 20.3 Å². The van der Waals surface area contributed by atoms with E-state index in [1.807, 2.05) is 20.2 Å². The van der Waals surface area contributed by atoms with Gasteiger partial charge in [0.05, 0.1) is 5.54 Å². The van der Waals surface area contributed by atoms with Gasteiger partial charge in [-0.25, -0.2) is 4.39 Å². The summed E-state index contributed by atoms with van der Waals surface area (Å²) in [5.74, 6) is -0.0370. The van der Waals surface area contributed by atoms with E-state index in [0.29, 0.717) is 6.42 Å². The fraction of sp³-hybridized carbons (Fsp3) is 0.588. The van der Waals surface area contributed by atoms with E-state index in [-0.39, 0.29) is 17.1 Å². The van der Waals surface area contributed by atoms with E-state index in [4.69, 9.17) is 0 Å². The summed E-state index contributed by atoms with van der Waals surface area (Å²) >= 11 is 0. The van der Waals surface area contributed by atoms with Crippen molar-refractivity contribution < 1.29 is 9.18 Å². The molecule has 1 saturated carbocycles. The first-order valence-corrected chi connectivity index (χ1v) is 7.50. The van der Waals surface area contributed by atoms with Gasteiger partial charge in [-0.1, -0.05) is 37.8 Å². The SMILES string of the molecule is CN(C)C1(C(=O)Cc2cccc(F)c2)CCCCCC1. The van der Waals surface area contributed by atoms with Gasteiger partial charge in [0.25, 0.3) is 0 Å². The molecular weight excluding hydrogens is 253 g/mol. The van der Waals surface area contributed by atoms with Gasteiger partial charge in [-0.2, -0.15) is 0 Å². The first kappa shape index (κ1) is 15.2. The molecule has 2 rings (SSSR count). The molecule has 1 aliphatic carbocycles. The summed E-state index contributed by atoms with van der Waals surface area (Å²) in [4.78, 5) is 14.9. The van der Waals surface area contributed by atoms with Crippen LogP contribution in [0.4, 0.5) is 4.39 Å². The molecule has 0 atom stereocenters. The monoisotopic (exact) mass is 277 g/mol. The molecule has 110 valence electrons. The second-order valence-electron chi connectivity index (χ2n) is 6.07. The molecule has 1 aromatic carbocycles. The van der Waals surface area contributed by atoms with Gasteiger partial charge in [0.2, 0.25) is 0 Å². The molecule has 0 spiro atoms. The van der Waals surface area contributed by atoms with E-state index < -0.39 is 0 Å². The van der Waals surface area contributed by atoms with Crippen molar-refractivity contribution >= 4 is 5.78 Å². The van der Waals surface area contributed by atoms with Crippen molar-refractivity contribution in [3.05, 3.63) is 35.6 Å². The number of carbonyl (C=O) groups excluding carboxylic acids is 1. The Bertz CT molecular complexity index is 462. The molecule has 0 aliphatic heterocycles. The van der Waals surface area contributed by atoms with Crippen molar-refractivity contribution in [1.29, 1.82) is 0 Å². The lowest BCUT2D eigenvalue weighted by molar-refractivity contribution is -0.130. The van der Waals surface area contributed by atoms with E-state index in [0.717, 1.165) is 31.2 Å². The number of carbonyl (C=O) groups is 1. The summed E-state index contributed by atoms with van der Waals surface area (Å²) < 4.78 is 13.3. The molecule has 0 amide bonds. The Balaban J connectivity index is 2.18. The summed E-state index contributed by atoms with van der Waals surface area (Å²) in [5.41, 5.74) is 0.420. The molecule has 0 saturated heterocycles. The summed E-state index contributed by atoms with van der Waals surface area (Å²) in [5, 5.41) is 0. The second kappa shape index (κ2) is 6.49. The van der Waals surface area contributed by atoms with Crippen LogP contribution in [0.5, 0.6) is 0 Å². The fourth-order valence-electron chi connectivity index (χ4n) is 3.29. The Morgan fingerprint density at radius 1 is 1.20 bits per heavy atom. The van der Waals surface area contributed by atoms with Gasteiger partial charge in [0, 0.05) is 6.42 Å². The van der Waals surface area contributed by atoms with Crippen LogP contribution in [-0.2, 0) is 11.2 Å². The highest BCUT2D eigenvalue weighted by molar-refractivity contribution is 5.90. The van der Waals surface area contributed by atoms with Crippen LogP contribution in [0.15, 0.2) is 24.3 Å². The highest BCUT2D eigenvalue weighted by Gasteiger charge is 2.39. The summed E-state index contributed by atoms with van der Waals surface area (Å²) in [6.45, 7) is 0. The van der Waals surface area contributed by atoms with Gasteiger partial charge in [-0.05, 0) is 44.6 Å². The lowest BCUT2D eigenvalue weighted by atomic mass is 9.82. The van der Waals surface area contributed by atoms with Gasteiger partial charge in [-0.15, -0.1) is 0 Å². The maximum atomic E-state index is 13.3. The van der Waals surface area contributed by atoms with Gasteiger partial charge in [-0.3, -0.25) is 9.69 Å². The van der Waals surface area contributed by atoms with Gasteiger partial charge < -0.3 is 0 Å². The molecule has 0 bridgehead atoms. The maximum absolute atomic E-state index is 13.3. The molecule has 1 fully saturated rings. The molecule has 3 heteroatoms. The van der Waals surface area contributed by atoms with E-state index in [1.165, 1.54) is 25.0 Å². The normalized spacial score (nSPS) is 18.8. The van der Waals surface area contributed by atoms with Crippen LogP contribution >= 0.6 is 0 Å². The molecule has 0 heterocycles. The van der Waals surface area contributed by atoms with Crippen LogP contribution in [-0.4, -0.2) is 30.3 Å². The average Bonchev–Trinajstić information content (AvgIpc) is 2.65. The third-order valence-corrected chi connectivity index (χ3v) is 4.56. The lowest BCUT2D eigenvalue weighted by Gasteiger charge is -2.38. The number of rotatable bonds is 4. The number of halogens is 1. The second-order valence-corrected chi connectivity index (χ2v) is 6.07. The molecule has 1 aliphatic rings. The van der Waals surface area contributed by atoms with Gasteiger partial charge in [0.1, 0.15) is 5.82 Å². The van der Waals surface area contributed by atoms with Crippen LogP contribution < -0.4 is 0 Å². The van der Waals surface area contributed by atoms with Crippen molar-refractivity contribution in [3.8, 4) is 0 Å². The van der Waals surface area contributed by atoms with E-state index >= 15 is 0 Å². The Morgan fingerprint density at radius 3 is 2.40 bits per heavy atom. The summed E-state index contributed by atoms with van der Waals surface area (Å²) in [7, 11) is 3.99. The minimum absolute atomic E-state index is 0.231. The number of benzene rings is 1. The minimum atomic E-state index is -0.358. The maximum Gasteiger partial charge on any atom is 0.157 e. The lowest BCUT2D eigenvalue weighted by Crippen LogP contribution is -2.51. The quantitative estimate of drug-likeness (QED) is 0.784. The van der Waals surface area contributed by atoms with Crippen LogP contribution in [0.1, 0.15) is 44.1 Å². The zero-order chi connectivity index (χ0) is 14.6. The number of ketones is 1. The standard InChI is InChI=1S/C17H24FNO/c1-19(2)17(10-5-3-4-6-11-17)16(20)13-14-8-7-9-15(18)12-14/h7-9,12H,3-6,10-11,13H2,1-2H3. The van der Waals surface area contributed by atoms with Crippen molar-refractivity contribution in [3.63, 3.8) is 0 Å². The average molecular weight is 277 g/mol. The molecule has 1 aromatic rings. The molecule has 0 aromatic heterocycles. The molecule has 0 unspecified atom stereocenters. The third-order valence-electron chi connectivity index (χ3n) is 4.56. The summed E-state index contributed by atoms with van der Waals surface area (Å²) in [6.07, 6.45) is 6.81. The van der Waals surface area contributed by atoms with Crippen LogP contribution in [0, 0.1) is 5.82 Å². The van der Waals surface area contributed by atoms with Gasteiger partial charge >= 0.3 is 0 Å². The Labute approximate surface area is 121 Å². The number of likely N-dealkylation sites (N-methyl/N-ethyl adjacent to an activating group) is 1. The van der Waals surface area contributed by atoms with E-state index in [9.17, 15) is 9.18 Å². The highest BCUT2D eigenvalue weighted by Crippen LogP contribution is 2.33. The number of nitrogens with zero attached hydrogens (tertiary/aromatic N) is 1. The first-order chi connectivity index (χ1) is 9.54. The Hall–Kier alpha value is -1.22. The summed E-state index contributed by atoms with van der Waals surface area (Å²) in [6, 6.07) is 6.40. The first-order valence-electron chi connectivity index (χ1n) is 7.50. The predicted octanol–water partition coefficient (Wildman–Crippen LogP) is 3.59. The fourth-order valence-corrected chi connectivity index (χ4v) is 3.29. The molecule has 2 nitrogen and oxygen atoms in total. The van der Waals surface area contributed by atoms with Crippen LogP contribution in [0.2, 0.25) is 0 Å². The van der Waals surface area contributed by atoms with Crippen molar-refractivity contribution in [1.82, 2.24) is 4.90 Å². The van der Waals surface area contributed by atoms with Crippen molar-refractivity contribution in [2.45, 2.75) is 50.5 Å². The van der Waals surface area contributed by atoms with Gasteiger partial charge in [0.15, 0.2) is 5.78 Å². The highest BCUT2D eigenvalue weighted by atomic mass is 19.1. The van der Waals surface area contributed by atoms with Crippen LogP contribution in [0.3, 0.4) is 0 Å². The zero-order valence-electron chi connectivity index (χ0n) is 12.5. The zero-order valence-corrected chi connectivity index (χ0v) is 12.5. The Morgan fingerprint density at radius 2 is 1.85 bits per heavy atom. The van der Waals surface area contributed by atoms with Crippen LogP contribution in [0.25, 0.3) is 0 Å². The molecule has 0 radical (unpaired) electrons. The van der Waals surface area contributed by atoms with Crippen molar-refractivity contribution in [2.24, 2.45) is 0 Å². The Kier molecular flexibility index (Phi) is 4.92. The smallest absolute Gasteiger partial charge is 0.157 e. The van der Waals surface area contributed by atoms with E-state index in [1.54, 1.807) is 6.07 Å².